The van der Waals surface area contributed by atoms with E-state index in [0.717, 1.165) is 38.8 Å². The summed E-state index contributed by atoms with van der Waals surface area (Å²) in [7, 11) is 0. The summed E-state index contributed by atoms with van der Waals surface area (Å²) in [5.74, 6) is 0.715. The first-order chi connectivity index (χ1) is 7.47. The first kappa shape index (κ1) is 12.1. The number of rotatable bonds is 2. The summed E-state index contributed by atoms with van der Waals surface area (Å²) in [6, 6.07) is 0.364. The molecule has 0 aromatic heterocycles. The molecule has 1 saturated heterocycles. The van der Waals surface area contributed by atoms with Crippen molar-refractivity contribution < 1.29 is 9.63 Å². The molecule has 0 N–H and O–H groups in total. The molecule has 16 heavy (non-hydrogen) atoms. The van der Waals surface area contributed by atoms with Crippen molar-refractivity contribution in [1.82, 2.24) is 5.06 Å². The molecule has 1 aliphatic heterocycles. The lowest BCUT2D eigenvalue weighted by molar-refractivity contribution is -0.194. The van der Waals surface area contributed by atoms with Crippen LogP contribution in [-0.4, -0.2) is 30.0 Å². The monoisotopic (exact) mass is 225 g/mol. The van der Waals surface area contributed by atoms with Gasteiger partial charge < -0.3 is 0 Å². The van der Waals surface area contributed by atoms with Gasteiger partial charge in [-0.1, -0.05) is 20.8 Å². The number of hydrogen-bond donors (Lipinski definition) is 0. The van der Waals surface area contributed by atoms with E-state index in [9.17, 15) is 4.79 Å². The van der Waals surface area contributed by atoms with E-state index in [1.54, 1.807) is 0 Å². The zero-order chi connectivity index (χ0) is 11.8. The minimum absolute atomic E-state index is 0.191. The van der Waals surface area contributed by atoms with Gasteiger partial charge in [-0.05, 0) is 24.7 Å². The van der Waals surface area contributed by atoms with Crippen LogP contribution >= 0.6 is 0 Å². The topological polar surface area (TPSA) is 29.5 Å². The van der Waals surface area contributed by atoms with E-state index in [1.165, 1.54) is 0 Å². The van der Waals surface area contributed by atoms with Crippen LogP contribution in [0.5, 0.6) is 0 Å². The van der Waals surface area contributed by atoms with Gasteiger partial charge >= 0.3 is 0 Å². The summed E-state index contributed by atoms with van der Waals surface area (Å²) >= 11 is 0. The Balaban J connectivity index is 1.90. The van der Waals surface area contributed by atoms with Crippen molar-refractivity contribution in [3.63, 3.8) is 0 Å². The van der Waals surface area contributed by atoms with E-state index in [1.807, 2.05) is 0 Å². The zero-order valence-corrected chi connectivity index (χ0v) is 10.7. The van der Waals surface area contributed by atoms with Crippen molar-refractivity contribution in [3.05, 3.63) is 0 Å². The van der Waals surface area contributed by atoms with Gasteiger partial charge in [0.1, 0.15) is 5.78 Å². The molecule has 0 radical (unpaired) electrons. The summed E-state index contributed by atoms with van der Waals surface area (Å²) < 4.78 is 0. The molecule has 1 saturated carbocycles. The van der Waals surface area contributed by atoms with Crippen LogP contribution in [0.2, 0.25) is 0 Å². The minimum atomic E-state index is 0.191. The Morgan fingerprint density at radius 1 is 1.38 bits per heavy atom. The first-order valence-corrected chi connectivity index (χ1v) is 6.40. The van der Waals surface area contributed by atoms with Gasteiger partial charge in [0.25, 0.3) is 0 Å². The molecule has 1 aliphatic carbocycles. The van der Waals surface area contributed by atoms with Crippen molar-refractivity contribution in [2.45, 2.75) is 52.5 Å². The average Bonchev–Trinajstić information content (AvgIpc) is 2.58. The molecular formula is C13H23NO2. The highest BCUT2D eigenvalue weighted by molar-refractivity contribution is 5.82. The molecule has 0 aromatic rings. The van der Waals surface area contributed by atoms with Gasteiger partial charge in [0.15, 0.2) is 0 Å². The van der Waals surface area contributed by atoms with Crippen LogP contribution < -0.4 is 0 Å². The highest BCUT2D eigenvalue weighted by Gasteiger charge is 2.41. The number of carbonyl (C=O) groups is 1. The minimum Gasteiger partial charge on any atom is -0.299 e. The number of hydrogen-bond acceptors (Lipinski definition) is 3. The van der Waals surface area contributed by atoms with Gasteiger partial charge in [0, 0.05) is 24.9 Å². The molecule has 2 rings (SSSR count). The Bertz CT molecular complexity index is 270. The second-order valence-electron chi connectivity index (χ2n) is 6.30. The van der Waals surface area contributed by atoms with Crippen LogP contribution in [0, 0.1) is 11.3 Å². The Hall–Kier alpha value is -0.410. The van der Waals surface area contributed by atoms with Crippen molar-refractivity contribution in [3.8, 4) is 0 Å². The second-order valence-corrected chi connectivity index (χ2v) is 6.30. The predicted molar refractivity (Wildman–Crippen MR) is 62.9 cm³/mol. The maximum absolute atomic E-state index is 11.7. The summed E-state index contributed by atoms with van der Waals surface area (Å²) in [6.07, 6.45) is 3.94. The third-order valence-corrected chi connectivity index (χ3v) is 3.49. The molecule has 3 nitrogen and oxygen atoms in total. The third kappa shape index (κ3) is 2.64. The maximum atomic E-state index is 11.7. The fourth-order valence-electron chi connectivity index (χ4n) is 2.65. The third-order valence-electron chi connectivity index (χ3n) is 3.49. The Kier molecular flexibility index (Phi) is 3.36. The van der Waals surface area contributed by atoms with Gasteiger partial charge in [-0.2, -0.15) is 5.06 Å². The second kappa shape index (κ2) is 4.46. The quantitative estimate of drug-likeness (QED) is 0.722. The molecule has 2 atom stereocenters. The molecule has 92 valence electrons. The smallest absolute Gasteiger partial charge is 0.137 e. The number of fused-ring (bicyclic) bond motifs is 1. The van der Waals surface area contributed by atoms with Crippen LogP contribution in [0.15, 0.2) is 0 Å². The van der Waals surface area contributed by atoms with Crippen LogP contribution in [-0.2, 0) is 9.63 Å². The highest BCUT2D eigenvalue weighted by Crippen LogP contribution is 2.34. The lowest BCUT2D eigenvalue weighted by atomic mass is 9.84. The van der Waals surface area contributed by atoms with E-state index in [2.05, 4.69) is 25.8 Å². The Morgan fingerprint density at radius 2 is 2.12 bits per heavy atom. The van der Waals surface area contributed by atoms with Gasteiger partial charge in [-0.3, -0.25) is 9.63 Å². The summed E-state index contributed by atoms with van der Waals surface area (Å²) in [5, 5.41) is 2.08. The summed E-state index contributed by atoms with van der Waals surface area (Å²) in [5.41, 5.74) is 0.191. The number of Topliss-reactive ketones (excluding diaryl/α,β-unsaturated/α-hetero) is 1. The van der Waals surface area contributed by atoms with Gasteiger partial charge in [0.2, 0.25) is 0 Å². The van der Waals surface area contributed by atoms with E-state index in [4.69, 9.17) is 4.84 Å². The number of ketones is 1. The van der Waals surface area contributed by atoms with Crippen molar-refractivity contribution in [1.29, 1.82) is 0 Å². The molecule has 0 amide bonds. The number of nitrogens with zero attached hydrogens (tertiary/aromatic N) is 1. The van der Waals surface area contributed by atoms with Crippen molar-refractivity contribution in [2.24, 2.45) is 11.3 Å². The zero-order valence-electron chi connectivity index (χ0n) is 10.7. The average molecular weight is 225 g/mol. The van der Waals surface area contributed by atoms with Crippen LogP contribution in [0.3, 0.4) is 0 Å². The van der Waals surface area contributed by atoms with Gasteiger partial charge in [-0.15, -0.1) is 0 Å². The molecule has 0 spiro atoms. The van der Waals surface area contributed by atoms with Crippen LogP contribution in [0.4, 0.5) is 0 Å². The summed E-state index contributed by atoms with van der Waals surface area (Å²) in [4.78, 5) is 17.6. The van der Waals surface area contributed by atoms with Crippen LogP contribution in [0.25, 0.3) is 0 Å². The molecule has 2 fully saturated rings. The molecule has 2 aliphatic rings. The standard InChI is InChI=1S/C13H23NO2/c1-13(2,3)9-16-14-8-7-10-11(14)5-4-6-12(10)15/h10-11H,4-9H2,1-3H3. The SMILES string of the molecule is CC(C)(C)CON1CCC2C(=O)CCCC21. The molecule has 0 bridgehead atoms. The first-order valence-electron chi connectivity index (χ1n) is 6.40. The Labute approximate surface area is 98.1 Å². The molecule has 2 unspecified atom stereocenters. The lowest BCUT2D eigenvalue weighted by Gasteiger charge is -2.31. The molecule has 1 heterocycles. The van der Waals surface area contributed by atoms with E-state index < -0.39 is 0 Å². The van der Waals surface area contributed by atoms with Crippen molar-refractivity contribution >= 4 is 5.78 Å². The van der Waals surface area contributed by atoms with E-state index >= 15 is 0 Å². The van der Waals surface area contributed by atoms with E-state index in [0.29, 0.717) is 11.8 Å². The lowest BCUT2D eigenvalue weighted by Crippen LogP contribution is -2.39. The maximum Gasteiger partial charge on any atom is 0.137 e. The largest absolute Gasteiger partial charge is 0.299 e. The summed E-state index contributed by atoms with van der Waals surface area (Å²) in [6.45, 7) is 8.19. The molecule has 0 aromatic carbocycles. The fraction of sp³-hybridized carbons (Fsp3) is 0.923. The Morgan fingerprint density at radius 3 is 2.81 bits per heavy atom. The fourth-order valence-corrected chi connectivity index (χ4v) is 2.65. The predicted octanol–water partition coefficient (Wildman–Crippen LogP) is 2.41. The van der Waals surface area contributed by atoms with Crippen LogP contribution in [0.1, 0.15) is 46.5 Å². The van der Waals surface area contributed by atoms with Crippen molar-refractivity contribution in [2.75, 3.05) is 13.2 Å². The molecule has 3 heteroatoms. The normalized spacial score (nSPS) is 31.8. The highest BCUT2D eigenvalue weighted by atomic mass is 16.7. The van der Waals surface area contributed by atoms with Gasteiger partial charge in [-0.25, -0.2) is 0 Å². The van der Waals surface area contributed by atoms with Gasteiger partial charge in [0.05, 0.1) is 6.61 Å². The molecular weight excluding hydrogens is 202 g/mol. The van der Waals surface area contributed by atoms with E-state index in [-0.39, 0.29) is 11.3 Å². The number of carbonyl (C=O) groups excluding carboxylic acids is 1. The number of hydroxylamine groups is 2.